The first-order chi connectivity index (χ1) is 10.0. The second-order valence-electron chi connectivity index (χ2n) is 6.09. The van der Waals surface area contributed by atoms with Gasteiger partial charge in [0.15, 0.2) is 0 Å². The lowest BCUT2D eigenvalue weighted by Crippen LogP contribution is -2.38. The number of benzene rings is 1. The van der Waals surface area contributed by atoms with Crippen molar-refractivity contribution < 1.29 is 4.74 Å². The molecule has 0 aliphatic carbocycles. The first-order valence-electron chi connectivity index (χ1n) is 7.73. The van der Waals surface area contributed by atoms with Gasteiger partial charge in [-0.1, -0.05) is 44.7 Å². The van der Waals surface area contributed by atoms with E-state index in [2.05, 4.69) is 56.9 Å². The molecule has 1 atom stereocenters. The fraction of sp³-hybridized carbons (Fsp3) is 0.556. The number of ether oxygens (including phenoxy) is 1. The molecular formula is C18H30N2O. The minimum absolute atomic E-state index is 0.546. The number of nitrogens with one attached hydrogen (secondary N) is 1. The topological polar surface area (TPSA) is 24.5 Å². The van der Waals surface area contributed by atoms with Crippen molar-refractivity contribution in [3.05, 3.63) is 42.5 Å². The van der Waals surface area contributed by atoms with Crippen LogP contribution in [0.25, 0.3) is 0 Å². The monoisotopic (exact) mass is 290 g/mol. The Morgan fingerprint density at radius 1 is 1.29 bits per heavy atom. The Bertz CT molecular complexity index is 415. The molecule has 0 spiro atoms. The summed E-state index contributed by atoms with van der Waals surface area (Å²) >= 11 is 0. The Balaban J connectivity index is 2.52. The minimum Gasteiger partial charge on any atom is -0.489 e. The summed E-state index contributed by atoms with van der Waals surface area (Å²) in [6, 6.07) is 8.74. The van der Waals surface area contributed by atoms with E-state index in [9.17, 15) is 0 Å². The zero-order valence-electron chi connectivity index (χ0n) is 13.9. The van der Waals surface area contributed by atoms with E-state index in [1.807, 2.05) is 12.1 Å². The molecule has 3 heteroatoms. The highest BCUT2D eigenvalue weighted by Gasteiger charge is 2.13. The summed E-state index contributed by atoms with van der Waals surface area (Å²) in [5.74, 6) is 1.65. The van der Waals surface area contributed by atoms with E-state index >= 15 is 0 Å². The predicted octanol–water partition coefficient (Wildman–Crippen LogP) is 3.32. The Labute approximate surface area is 130 Å². The fourth-order valence-electron chi connectivity index (χ4n) is 2.33. The molecule has 1 rings (SSSR count). The minimum atomic E-state index is 0.546. The summed E-state index contributed by atoms with van der Waals surface area (Å²) in [6.45, 7) is 10.6. The van der Waals surface area contributed by atoms with Crippen LogP contribution in [0.4, 0.5) is 0 Å². The molecule has 1 unspecified atom stereocenters. The van der Waals surface area contributed by atoms with Gasteiger partial charge in [-0.05, 0) is 32.5 Å². The number of hydrogen-bond acceptors (Lipinski definition) is 3. The fourth-order valence-corrected chi connectivity index (χ4v) is 2.33. The van der Waals surface area contributed by atoms with Crippen LogP contribution in [0.5, 0.6) is 5.75 Å². The van der Waals surface area contributed by atoms with E-state index in [4.69, 9.17) is 4.74 Å². The molecule has 0 amide bonds. The van der Waals surface area contributed by atoms with Crippen molar-refractivity contribution in [2.45, 2.75) is 32.9 Å². The van der Waals surface area contributed by atoms with Gasteiger partial charge in [-0.15, -0.1) is 0 Å². The Kier molecular flexibility index (Phi) is 8.09. The number of likely N-dealkylation sites (N-methyl/N-ethyl adjacent to an activating group) is 1. The van der Waals surface area contributed by atoms with E-state index in [0.29, 0.717) is 18.6 Å². The third-order valence-corrected chi connectivity index (χ3v) is 3.50. The SMILES string of the molecule is C=CCOc1ccccc1CNCC(CC(C)C)N(C)C. The molecule has 0 aliphatic rings. The maximum atomic E-state index is 5.69. The molecule has 0 heterocycles. The number of para-hydroxylation sites is 1. The predicted molar refractivity (Wildman–Crippen MR) is 90.8 cm³/mol. The average Bonchev–Trinajstić information content (AvgIpc) is 2.44. The second-order valence-corrected chi connectivity index (χ2v) is 6.09. The molecule has 0 saturated carbocycles. The molecule has 0 saturated heterocycles. The zero-order valence-corrected chi connectivity index (χ0v) is 13.9. The van der Waals surface area contributed by atoms with Gasteiger partial charge >= 0.3 is 0 Å². The van der Waals surface area contributed by atoms with Gasteiger partial charge < -0.3 is 15.0 Å². The molecule has 118 valence electrons. The Morgan fingerprint density at radius 2 is 2.00 bits per heavy atom. The lowest BCUT2D eigenvalue weighted by Gasteiger charge is -2.26. The summed E-state index contributed by atoms with van der Waals surface area (Å²) in [5, 5.41) is 3.56. The second kappa shape index (κ2) is 9.59. The van der Waals surface area contributed by atoms with Gasteiger partial charge in [0.2, 0.25) is 0 Å². The lowest BCUT2D eigenvalue weighted by molar-refractivity contribution is 0.246. The Hall–Kier alpha value is -1.32. The van der Waals surface area contributed by atoms with Gasteiger partial charge in [0.25, 0.3) is 0 Å². The molecule has 3 nitrogen and oxygen atoms in total. The molecule has 0 aromatic heterocycles. The third kappa shape index (κ3) is 6.78. The third-order valence-electron chi connectivity index (χ3n) is 3.50. The quantitative estimate of drug-likeness (QED) is 0.669. The molecule has 0 fully saturated rings. The van der Waals surface area contributed by atoms with Crippen molar-refractivity contribution in [1.29, 1.82) is 0 Å². The number of nitrogens with zero attached hydrogens (tertiary/aromatic N) is 1. The standard InChI is InChI=1S/C18H30N2O/c1-6-11-21-18-10-8-7-9-16(18)13-19-14-17(20(4)5)12-15(2)3/h6-10,15,17,19H,1,11-14H2,2-5H3. The summed E-state index contributed by atoms with van der Waals surface area (Å²) in [4.78, 5) is 2.30. The van der Waals surface area contributed by atoms with Gasteiger partial charge in [0.05, 0.1) is 0 Å². The molecule has 0 radical (unpaired) electrons. The van der Waals surface area contributed by atoms with Gasteiger partial charge in [0.1, 0.15) is 12.4 Å². The first-order valence-corrected chi connectivity index (χ1v) is 7.73. The lowest BCUT2D eigenvalue weighted by atomic mass is 10.0. The van der Waals surface area contributed by atoms with Crippen LogP contribution in [0.2, 0.25) is 0 Å². The van der Waals surface area contributed by atoms with E-state index in [0.717, 1.165) is 18.8 Å². The largest absolute Gasteiger partial charge is 0.489 e. The maximum Gasteiger partial charge on any atom is 0.124 e. The normalized spacial score (nSPS) is 12.7. The Morgan fingerprint density at radius 3 is 2.62 bits per heavy atom. The van der Waals surface area contributed by atoms with Crippen LogP contribution in [0, 0.1) is 5.92 Å². The molecule has 0 aliphatic heterocycles. The molecule has 1 aromatic carbocycles. The van der Waals surface area contributed by atoms with Gasteiger partial charge in [-0.3, -0.25) is 0 Å². The zero-order chi connectivity index (χ0) is 15.7. The number of rotatable bonds is 10. The molecule has 1 N–H and O–H groups in total. The smallest absolute Gasteiger partial charge is 0.124 e. The van der Waals surface area contributed by atoms with Crippen molar-refractivity contribution in [2.75, 3.05) is 27.2 Å². The molecule has 1 aromatic rings. The van der Waals surface area contributed by atoms with Crippen LogP contribution in [0.15, 0.2) is 36.9 Å². The highest BCUT2D eigenvalue weighted by Crippen LogP contribution is 2.18. The van der Waals surface area contributed by atoms with Crippen LogP contribution in [0.3, 0.4) is 0 Å². The number of hydrogen-bond donors (Lipinski definition) is 1. The van der Waals surface area contributed by atoms with Gasteiger partial charge in [-0.2, -0.15) is 0 Å². The molecular weight excluding hydrogens is 260 g/mol. The molecule has 21 heavy (non-hydrogen) atoms. The van der Waals surface area contributed by atoms with Crippen LogP contribution in [-0.2, 0) is 6.54 Å². The van der Waals surface area contributed by atoms with E-state index in [1.54, 1.807) is 6.08 Å². The summed E-state index contributed by atoms with van der Waals surface area (Å²) in [5.41, 5.74) is 1.20. The first kappa shape index (κ1) is 17.7. The van der Waals surface area contributed by atoms with E-state index in [-0.39, 0.29) is 0 Å². The van der Waals surface area contributed by atoms with Crippen molar-refractivity contribution in [3.63, 3.8) is 0 Å². The summed E-state index contributed by atoms with van der Waals surface area (Å²) < 4.78 is 5.69. The van der Waals surface area contributed by atoms with Crippen molar-refractivity contribution in [1.82, 2.24) is 10.2 Å². The van der Waals surface area contributed by atoms with Crippen LogP contribution >= 0.6 is 0 Å². The maximum absolute atomic E-state index is 5.69. The van der Waals surface area contributed by atoms with E-state index in [1.165, 1.54) is 12.0 Å². The van der Waals surface area contributed by atoms with E-state index < -0.39 is 0 Å². The highest BCUT2D eigenvalue weighted by atomic mass is 16.5. The van der Waals surface area contributed by atoms with Crippen molar-refractivity contribution in [2.24, 2.45) is 5.92 Å². The summed E-state index contributed by atoms with van der Waals surface area (Å²) in [7, 11) is 4.30. The average molecular weight is 290 g/mol. The van der Waals surface area contributed by atoms with Crippen molar-refractivity contribution in [3.8, 4) is 5.75 Å². The van der Waals surface area contributed by atoms with Gasteiger partial charge in [-0.25, -0.2) is 0 Å². The van der Waals surface area contributed by atoms with Gasteiger partial charge in [0, 0.05) is 24.7 Å². The van der Waals surface area contributed by atoms with Crippen molar-refractivity contribution >= 4 is 0 Å². The van der Waals surface area contributed by atoms with Crippen LogP contribution < -0.4 is 10.1 Å². The van der Waals surface area contributed by atoms with Crippen LogP contribution in [0.1, 0.15) is 25.8 Å². The van der Waals surface area contributed by atoms with Crippen LogP contribution in [-0.4, -0.2) is 38.2 Å². The molecule has 0 bridgehead atoms. The summed E-state index contributed by atoms with van der Waals surface area (Å²) in [6.07, 6.45) is 2.98. The highest BCUT2D eigenvalue weighted by molar-refractivity contribution is 5.33.